The smallest absolute Gasteiger partial charge is 0.273 e. The second kappa shape index (κ2) is 4.06. The number of hydrogen-bond donors (Lipinski definition) is 0. The average Bonchev–Trinajstić information content (AvgIpc) is 2.43. The topological polar surface area (TPSA) is 61.2 Å². The lowest BCUT2D eigenvalue weighted by atomic mass is 10.3. The van der Waals surface area contributed by atoms with Gasteiger partial charge in [-0.25, -0.2) is 0 Å². The molecule has 1 aromatic heterocycles. The van der Waals surface area contributed by atoms with Gasteiger partial charge in [0, 0.05) is 18.3 Å². The van der Waals surface area contributed by atoms with Crippen molar-refractivity contribution < 1.29 is 25.8 Å². The van der Waals surface area contributed by atoms with Gasteiger partial charge in [-0.3, -0.25) is 8.86 Å². The molecule has 0 aliphatic rings. The van der Waals surface area contributed by atoms with E-state index in [4.69, 9.17) is 0 Å². The molecular formula is C7H9F3N2O3S. The van der Waals surface area contributed by atoms with Crippen LogP contribution in [0.5, 0.6) is 0 Å². The molecule has 1 aromatic rings. The van der Waals surface area contributed by atoms with Gasteiger partial charge >= 0.3 is 15.6 Å². The van der Waals surface area contributed by atoms with Crippen molar-refractivity contribution in [3.63, 3.8) is 0 Å². The zero-order valence-electron chi connectivity index (χ0n) is 8.45. The highest BCUT2D eigenvalue weighted by Crippen LogP contribution is 2.25. The molecule has 16 heavy (non-hydrogen) atoms. The molecule has 0 atom stereocenters. The van der Waals surface area contributed by atoms with Crippen LogP contribution in [0.2, 0.25) is 0 Å². The zero-order valence-corrected chi connectivity index (χ0v) is 9.26. The Morgan fingerprint density at radius 1 is 1.50 bits per heavy atom. The first kappa shape index (κ1) is 13.0. The van der Waals surface area contributed by atoms with Gasteiger partial charge in [0.15, 0.2) is 0 Å². The summed E-state index contributed by atoms with van der Waals surface area (Å²) in [5, 5.41) is 3.74. The molecule has 0 aliphatic heterocycles. The molecule has 0 saturated carbocycles. The number of nitrogens with zero attached hydrogens (tertiary/aromatic N) is 2. The lowest BCUT2D eigenvalue weighted by Gasteiger charge is -2.07. The third-order valence-electron chi connectivity index (χ3n) is 1.99. The molecule has 0 N–H and O–H groups in total. The lowest BCUT2D eigenvalue weighted by Crippen LogP contribution is -2.25. The van der Waals surface area contributed by atoms with E-state index in [1.807, 2.05) is 0 Å². The van der Waals surface area contributed by atoms with Crippen LogP contribution in [-0.2, 0) is 28.0 Å². The molecule has 0 fully saturated rings. The van der Waals surface area contributed by atoms with Crippen molar-refractivity contribution in [2.24, 2.45) is 7.05 Å². The van der Waals surface area contributed by atoms with E-state index < -0.39 is 22.2 Å². The standard InChI is InChI=1S/C7H9F3N2O3S/c1-5-6(3-11-12(5)2)4-15-16(13,14)7(8,9)10/h3H,4H2,1-2H3. The Kier molecular flexibility index (Phi) is 3.29. The van der Waals surface area contributed by atoms with Crippen molar-refractivity contribution in [3.05, 3.63) is 17.5 Å². The van der Waals surface area contributed by atoms with Gasteiger partial charge in [0.05, 0.1) is 12.8 Å². The summed E-state index contributed by atoms with van der Waals surface area (Å²) in [5.41, 5.74) is -4.57. The quantitative estimate of drug-likeness (QED) is 0.601. The fraction of sp³-hybridized carbons (Fsp3) is 0.571. The van der Waals surface area contributed by atoms with E-state index in [9.17, 15) is 21.6 Å². The van der Waals surface area contributed by atoms with Crippen LogP contribution >= 0.6 is 0 Å². The van der Waals surface area contributed by atoms with Crippen molar-refractivity contribution in [3.8, 4) is 0 Å². The monoisotopic (exact) mass is 258 g/mol. The maximum absolute atomic E-state index is 11.9. The van der Waals surface area contributed by atoms with Crippen molar-refractivity contribution >= 4 is 10.1 Å². The fourth-order valence-electron chi connectivity index (χ4n) is 0.894. The van der Waals surface area contributed by atoms with E-state index in [0.717, 1.165) is 0 Å². The van der Waals surface area contributed by atoms with Crippen molar-refractivity contribution in [1.82, 2.24) is 9.78 Å². The third-order valence-corrected chi connectivity index (χ3v) is 2.99. The summed E-state index contributed by atoms with van der Waals surface area (Å²) in [6, 6.07) is 0. The number of rotatable bonds is 3. The lowest BCUT2D eigenvalue weighted by molar-refractivity contribution is -0.0548. The van der Waals surface area contributed by atoms with Gasteiger partial charge in [-0.2, -0.15) is 26.7 Å². The first-order chi connectivity index (χ1) is 7.15. The van der Waals surface area contributed by atoms with Gasteiger partial charge in [-0.15, -0.1) is 0 Å². The van der Waals surface area contributed by atoms with Crippen molar-refractivity contribution in [1.29, 1.82) is 0 Å². The van der Waals surface area contributed by atoms with Crippen LogP contribution in [0.1, 0.15) is 11.3 Å². The molecule has 0 unspecified atom stereocenters. The summed E-state index contributed by atoms with van der Waals surface area (Å²) in [7, 11) is -3.96. The minimum Gasteiger partial charge on any atom is -0.273 e. The van der Waals surface area contributed by atoms with Crippen LogP contribution in [-0.4, -0.2) is 23.7 Å². The van der Waals surface area contributed by atoms with Gasteiger partial charge in [0.25, 0.3) is 0 Å². The van der Waals surface area contributed by atoms with Crippen LogP contribution in [0.15, 0.2) is 6.20 Å². The molecule has 0 bridgehead atoms. The van der Waals surface area contributed by atoms with Crippen LogP contribution in [0.3, 0.4) is 0 Å². The summed E-state index contributed by atoms with van der Waals surface area (Å²) in [6.45, 7) is 0.910. The van der Waals surface area contributed by atoms with Crippen LogP contribution < -0.4 is 0 Å². The summed E-state index contributed by atoms with van der Waals surface area (Å²) >= 11 is 0. The molecule has 0 aliphatic carbocycles. The highest BCUT2D eigenvalue weighted by atomic mass is 32.2. The highest BCUT2D eigenvalue weighted by Gasteiger charge is 2.47. The predicted molar refractivity (Wildman–Crippen MR) is 47.7 cm³/mol. The summed E-state index contributed by atoms with van der Waals surface area (Å²) in [6.07, 6.45) is 1.25. The summed E-state index contributed by atoms with van der Waals surface area (Å²) < 4.78 is 62.1. The summed E-state index contributed by atoms with van der Waals surface area (Å²) in [5.74, 6) is 0. The first-order valence-corrected chi connectivity index (χ1v) is 5.49. The predicted octanol–water partition coefficient (Wildman–Crippen LogP) is 1.09. The molecule has 9 heteroatoms. The number of alkyl halides is 3. The van der Waals surface area contributed by atoms with Crippen LogP contribution in [0.25, 0.3) is 0 Å². The van der Waals surface area contributed by atoms with E-state index in [-0.39, 0.29) is 5.56 Å². The average molecular weight is 258 g/mol. The Labute approximate surface area is 89.9 Å². The Bertz CT molecular complexity index is 478. The molecule has 1 rings (SSSR count). The van der Waals surface area contributed by atoms with Gasteiger partial charge in [0.2, 0.25) is 0 Å². The molecular weight excluding hydrogens is 249 g/mol. The number of aryl methyl sites for hydroxylation is 1. The van der Waals surface area contributed by atoms with Gasteiger partial charge in [0.1, 0.15) is 0 Å². The van der Waals surface area contributed by atoms with E-state index in [2.05, 4.69) is 9.28 Å². The molecule has 0 spiro atoms. The molecule has 0 amide bonds. The van der Waals surface area contributed by atoms with E-state index in [1.54, 1.807) is 14.0 Å². The second-order valence-electron chi connectivity index (χ2n) is 3.04. The second-order valence-corrected chi connectivity index (χ2v) is 4.65. The van der Waals surface area contributed by atoms with E-state index in [0.29, 0.717) is 5.69 Å². The Morgan fingerprint density at radius 2 is 2.06 bits per heavy atom. The molecule has 0 saturated heterocycles. The number of halogens is 3. The van der Waals surface area contributed by atoms with Gasteiger partial charge < -0.3 is 0 Å². The highest BCUT2D eigenvalue weighted by molar-refractivity contribution is 7.87. The van der Waals surface area contributed by atoms with Crippen LogP contribution in [0, 0.1) is 6.92 Å². The maximum Gasteiger partial charge on any atom is 0.523 e. The maximum atomic E-state index is 11.9. The zero-order chi connectivity index (χ0) is 12.6. The molecule has 0 aromatic carbocycles. The third kappa shape index (κ3) is 2.53. The Hall–Kier alpha value is -1.09. The minimum atomic E-state index is -5.54. The van der Waals surface area contributed by atoms with E-state index in [1.165, 1.54) is 10.9 Å². The van der Waals surface area contributed by atoms with Gasteiger partial charge in [-0.05, 0) is 6.92 Å². The Morgan fingerprint density at radius 3 is 2.44 bits per heavy atom. The fourth-order valence-corrected chi connectivity index (χ4v) is 1.31. The van der Waals surface area contributed by atoms with Gasteiger partial charge in [-0.1, -0.05) is 0 Å². The number of hydrogen-bond acceptors (Lipinski definition) is 4. The SMILES string of the molecule is Cc1c(COS(=O)(=O)C(F)(F)F)cnn1C. The normalized spacial score (nSPS) is 13.1. The minimum absolute atomic E-state index is 0.287. The largest absolute Gasteiger partial charge is 0.523 e. The van der Waals surface area contributed by atoms with Crippen molar-refractivity contribution in [2.75, 3.05) is 0 Å². The van der Waals surface area contributed by atoms with Crippen molar-refractivity contribution in [2.45, 2.75) is 19.0 Å². The summed E-state index contributed by atoms with van der Waals surface area (Å²) in [4.78, 5) is 0. The van der Waals surface area contributed by atoms with E-state index >= 15 is 0 Å². The van der Waals surface area contributed by atoms with Crippen LogP contribution in [0.4, 0.5) is 13.2 Å². The molecule has 92 valence electrons. The molecule has 5 nitrogen and oxygen atoms in total. The number of aromatic nitrogens is 2. The Balaban J connectivity index is 2.77. The molecule has 0 radical (unpaired) electrons. The first-order valence-electron chi connectivity index (χ1n) is 4.08. The molecule has 1 heterocycles.